The van der Waals surface area contributed by atoms with E-state index < -0.39 is 5.91 Å². The maximum Gasteiger partial charge on any atom is 0.263 e. The Bertz CT molecular complexity index is 428. The molecule has 0 unspecified atom stereocenters. The van der Waals surface area contributed by atoms with Gasteiger partial charge in [-0.1, -0.05) is 0 Å². The Labute approximate surface area is 124 Å². The number of nitrogens with one attached hydrogen (secondary N) is 2. The SMILES string of the molecule is COCCNC(=O)/C(C#N)=C\NCCCN1CCCC1=O. The zero-order valence-corrected chi connectivity index (χ0v) is 12.4. The molecule has 0 aromatic heterocycles. The highest BCUT2D eigenvalue weighted by Crippen LogP contribution is 2.09. The highest BCUT2D eigenvalue weighted by Gasteiger charge is 2.18. The number of nitrogens with zero attached hydrogens (tertiary/aromatic N) is 2. The minimum atomic E-state index is -0.420. The summed E-state index contributed by atoms with van der Waals surface area (Å²) in [6.45, 7) is 2.93. The van der Waals surface area contributed by atoms with Gasteiger partial charge in [-0.15, -0.1) is 0 Å². The monoisotopic (exact) mass is 294 g/mol. The summed E-state index contributed by atoms with van der Waals surface area (Å²) in [5, 5.41) is 14.4. The third-order valence-electron chi connectivity index (χ3n) is 3.12. The summed E-state index contributed by atoms with van der Waals surface area (Å²) in [5.74, 6) is -0.211. The standard InChI is InChI=1S/C14H22N4O3/c1-21-9-6-17-14(20)12(10-15)11-16-5-3-8-18-7-2-4-13(18)19/h11,16H,2-9H2,1H3,(H,17,20)/b12-11-. The van der Waals surface area contributed by atoms with E-state index in [4.69, 9.17) is 10.00 Å². The molecular weight excluding hydrogens is 272 g/mol. The van der Waals surface area contributed by atoms with E-state index in [-0.39, 0.29) is 11.5 Å². The minimum Gasteiger partial charge on any atom is -0.390 e. The lowest BCUT2D eigenvalue weighted by molar-refractivity contribution is -0.127. The molecule has 7 nitrogen and oxygen atoms in total. The molecule has 0 aromatic carbocycles. The lowest BCUT2D eigenvalue weighted by Gasteiger charge is -2.14. The molecule has 0 aliphatic carbocycles. The van der Waals surface area contributed by atoms with Crippen molar-refractivity contribution in [2.45, 2.75) is 19.3 Å². The van der Waals surface area contributed by atoms with Crippen LogP contribution in [0.4, 0.5) is 0 Å². The van der Waals surface area contributed by atoms with Crippen molar-refractivity contribution >= 4 is 11.8 Å². The zero-order chi connectivity index (χ0) is 15.5. The van der Waals surface area contributed by atoms with Gasteiger partial charge in [-0.05, 0) is 12.8 Å². The average Bonchev–Trinajstić information content (AvgIpc) is 2.88. The fourth-order valence-electron chi connectivity index (χ4n) is 2.00. The molecule has 0 aromatic rings. The first-order valence-corrected chi connectivity index (χ1v) is 7.07. The van der Waals surface area contributed by atoms with Gasteiger partial charge in [0.15, 0.2) is 0 Å². The number of methoxy groups -OCH3 is 1. The summed E-state index contributed by atoms with van der Waals surface area (Å²) >= 11 is 0. The molecule has 2 amide bonds. The summed E-state index contributed by atoms with van der Waals surface area (Å²) in [5.41, 5.74) is 0.0309. The van der Waals surface area contributed by atoms with Gasteiger partial charge in [0, 0.05) is 45.9 Å². The number of ether oxygens (including phenoxy) is 1. The number of nitriles is 1. The van der Waals surface area contributed by atoms with Crippen LogP contribution in [0.5, 0.6) is 0 Å². The van der Waals surface area contributed by atoms with Gasteiger partial charge in [-0.3, -0.25) is 9.59 Å². The Balaban J connectivity index is 2.21. The lowest BCUT2D eigenvalue weighted by Crippen LogP contribution is -2.29. The Morgan fingerprint density at radius 1 is 1.52 bits per heavy atom. The first kappa shape index (κ1) is 17.0. The zero-order valence-electron chi connectivity index (χ0n) is 12.4. The molecule has 21 heavy (non-hydrogen) atoms. The van der Waals surface area contributed by atoms with Gasteiger partial charge in [0.1, 0.15) is 11.6 Å². The molecule has 0 bridgehead atoms. The van der Waals surface area contributed by atoms with Crippen molar-refractivity contribution in [1.82, 2.24) is 15.5 Å². The van der Waals surface area contributed by atoms with E-state index in [0.717, 1.165) is 19.4 Å². The predicted octanol–water partition coefficient (Wildman–Crippen LogP) is -0.241. The van der Waals surface area contributed by atoms with Crippen LogP contribution in [-0.4, -0.2) is 56.6 Å². The molecule has 1 aliphatic heterocycles. The smallest absolute Gasteiger partial charge is 0.263 e. The van der Waals surface area contributed by atoms with E-state index in [2.05, 4.69) is 10.6 Å². The van der Waals surface area contributed by atoms with E-state index in [0.29, 0.717) is 32.7 Å². The summed E-state index contributed by atoms with van der Waals surface area (Å²) in [6, 6.07) is 1.85. The van der Waals surface area contributed by atoms with Crippen molar-refractivity contribution < 1.29 is 14.3 Å². The fraction of sp³-hybridized carbons (Fsp3) is 0.643. The minimum absolute atomic E-state index is 0.0309. The van der Waals surface area contributed by atoms with Crippen molar-refractivity contribution in [3.8, 4) is 6.07 Å². The second kappa shape index (κ2) is 9.77. The molecule has 0 saturated carbocycles. The molecule has 1 rings (SSSR count). The van der Waals surface area contributed by atoms with Gasteiger partial charge in [-0.25, -0.2) is 0 Å². The fourth-order valence-corrected chi connectivity index (χ4v) is 2.00. The van der Waals surface area contributed by atoms with Crippen LogP contribution in [0.25, 0.3) is 0 Å². The quantitative estimate of drug-likeness (QED) is 0.348. The largest absolute Gasteiger partial charge is 0.390 e. The van der Waals surface area contributed by atoms with Crippen LogP contribution in [0, 0.1) is 11.3 Å². The maximum absolute atomic E-state index is 11.6. The maximum atomic E-state index is 11.6. The first-order chi connectivity index (χ1) is 10.2. The number of carbonyl (C=O) groups excluding carboxylic acids is 2. The van der Waals surface area contributed by atoms with Crippen LogP contribution >= 0.6 is 0 Å². The van der Waals surface area contributed by atoms with Crippen molar-refractivity contribution in [3.05, 3.63) is 11.8 Å². The molecule has 0 atom stereocenters. The second-order valence-electron chi connectivity index (χ2n) is 4.71. The van der Waals surface area contributed by atoms with E-state index in [9.17, 15) is 9.59 Å². The van der Waals surface area contributed by atoms with Crippen LogP contribution in [-0.2, 0) is 14.3 Å². The molecular formula is C14H22N4O3. The third kappa shape index (κ3) is 6.27. The number of amides is 2. The third-order valence-corrected chi connectivity index (χ3v) is 3.12. The molecule has 7 heteroatoms. The summed E-state index contributed by atoms with van der Waals surface area (Å²) < 4.78 is 4.81. The van der Waals surface area contributed by atoms with Crippen molar-refractivity contribution in [1.29, 1.82) is 5.26 Å². The van der Waals surface area contributed by atoms with Gasteiger partial charge in [0.25, 0.3) is 5.91 Å². The van der Waals surface area contributed by atoms with Gasteiger partial charge < -0.3 is 20.3 Å². The van der Waals surface area contributed by atoms with Crippen molar-refractivity contribution in [2.75, 3.05) is 39.9 Å². The van der Waals surface area contributed by atoms with E-state index in [1.54, 1.807) is 7.11 Å². The Morgan fingerprint density at radius 3 is 2.95 bits per heavy atom. The molecule has 116 valence electrons. The van der Waals surface area contributed by atoms with E-state index in [1.165, 1.54) is 6.20 Å². The number of rotatable bonds is 9. The number of hydrogen-bond donors (Lipinski definition) is 2. The van der Waals surface area contributed by atoms with Crippen LogP contribution in [0.15, 0.2) is 11.8 Å². The van der Waals surface area contributed by atoms with Gasteiger partial charge in [0.05, 0.1) is 6.61 Å². The average molecular weight is 294 g/mol. The number of carbonyl (C=O) groups is 2. The number of hydrogen-bond acceptors (Lipinski definition) is 5. The molecule has 2 N–H and O–H groups in total. The van der Waals surface area contributed by atoms with E-state index >= 15 is 0 Å². The van der Waals surface area contributed by atoms with E-state index in [1.807, 2.05) is 11.0 Å². The van der Waals surface area contributed by atoms with Crippen LogP contribution in [0.1, 0.15) is 19.3 Å². The van der Waals surface area contributed by atoms with Gasteiger partial charge in [0.2, 0.25) is 5.91 Å². The van der Waals surface area contributed by atoms with Gasteiger partial charge >= 0.3 is 0 Å². The number of likely N-dealkylation sites (tertiary alicyclic amines) is 1. The Hall–Kier alpha value is -2.07. The summed E-state index contributed by atoms with van der Waals surface area (Å²) in [6.07, 6.45) is 3.78. The van der Waals surface area contributed by atoms with Crippen molar-refractivity contribution in [2.24, 2.45) is 0 Å². The Morgan fingerprint density at radius 2 is 2.33 bits per heavy atom. The Kier molecular flexibility index (Phi) is 7.90. The molecule has 1 heterocycles. The van der Waals surface area contributed by atoms with Crippen LogP contribution < -0.4 is 10.6 Å². The lowest BCUT2D eigenvalue weighted by atomic mass is 10.3. The summed E-state index contributed by atoms with van der Waals surface area (Å²) in [4.78, 5) is 24.9. The molecule has 0 spiro atoms. The molecule has 1 fully saturated rings. The summed E-state index contributed by atoms with van der Waals surface area (Å²) in [7, 11) is 1.54. The topological polar surface area (TPSA) is 94.5 Å². The van der Waals surface area contributed by atoms with Crippen LogP contribution in [0.3, 0.4) is 0 Å². The van der Waals surface area contributed by atoms with Crippen molar-refractivity contribution in [3.63, 3.8) is 0 Å². The highest BCUT2D eigenvalue weighted by molar-refractivity contribution is 5.97. The van der Waals surface area contributed by atoms with Gasteiger partial charge in [-0.2, -0.15) is 5.26 Å². The van der Waals surface area contributed by atoms with Crippen LogP contribution in [0.2, 0.25) is 0 Å². The molecule has 0 radical (unpaired) electrons. The first-order valence-electron chi connectivity index (χ1n) is 7.07. The molecule has 1 saturated heterocycles. The predicted molar refractivity (Wildman–Crippen MR) is 77.0 cm³/mol. The normalized spacial score (nSPS) is 15.0. The second-order valence-corrected chi connectivity index (χ2v) is 4.71. The molecule has 1 aliphatic rings. The highest BCUT2D eigenvalue weighted by atomic mass is 16.5.